The van der Waals surface area contributed by atoms with E-state index in [-0.39, 0.29) is 12.1 Å². The lowest BCUT2D eigenvalue weighted by Gasteiger charge is -2.17. The Bertz CT molecular complexity index is 526. The highest BCUT2D eigenvalue weighted by molar-refractivity contribution is 7.89. The summed E-state index contributed by atoms with van der Waals surface area (Å²) in [6.07, 6.45) is 0.779. The topological polar surface area (TPSA) is 61.4 Å². The predicted octanol–water partition coefficient (Wildman–Crippen LogP) is 1.59. The molecule has 0 bridgehead atoms. The summed E-state index contributed by atoms with van der Waals surface area (Å²) in [5.41, 5.74) is 1.07. The number of benzene rings is 1. The van der Waals surface area contributed by atoms with Crippen LogP contribution in [0, 0.1) is 0 Å². The molecule has 0 radical (unpaired) electrons. The molecule has 0 aliphatic carbocycles. The molecule has 6 heteroatoms. The van der Waals surface area contributed by atoms with Gasteiger partial charge in [-0.15, -0.1) is 0 Å². The van der Waals surface area contributed by atoms with E-state index < -0.39 is 10.0 Å². The molecule has 0 saturated heterocycles. The van der Waals surface area contributed by atoms with E-state index in [0.717, 1.165) is 18.5 Å². The molecule has 0 heterocycles. The van der Waals surface area contributed by atoms with Crippen LogP contribution in [0.1, 0.15) is 31.9 Å². The van der Waals surface area contributed by atoms with Gasteiger partial charge in [-0.3, -0.25) is 0 Å². The molecule has 0 fully saturated rings. The third-order valence-electron chi connectivity index (χ3n) is 3.49. The molecule has 5 nitrogen and oxygen atoms in total. The Balaban J connectivity index is 2.74. The average Bonchev–Trinajstić information content (AvgIpc) is 2.44. The Morgan fingerprint density at radius 1 is 1.14 bits per heavy atom. The van der Waals surface area contributed by atoms with E-state index >= 15 is 0 Å². The van der Waals surface area contributed by atoms with Gasteiger partial charge in [-0.1, -0.05) is 12.1 Å². The minimum absolute atomic E-state index is 0.0895. The zero-order valence-corrected chi connectivity index (χ0v) is 14.4. The predicted molar refractivity (Wildman–Crippen MR) is 86.9 cm³/mol. The van der Waals surface area contributed by atoms with E-state index in [4.69, 9.17) is 0 Å². The lowest BCUT2D eigenvalue weighted by atomic mass is 10.1. The van der Waals surface area contributed by atoms with E-state index in [1.54, 1.807) is 12.1 Å². The van der Waals surface area contributed by atoms with E-state index in [1.807, 2.05) is 52.0 Å². The molecule has 0 aliphatic heterocycles. The molecule has 1 rings (SSSR count). The third-order valence-corrected chi connectivity index (χ3v) is 5.09. The quantitative estimate of drug-likeness (QED) is 0.765. The van der Waals surface area contributed by atoms with Crippen molar-refractivity contribution in [3.05, 3.63) is 29.8 Å². The first-order valence-corrected chi connectivity index (χ1v) is 8.69. The van der Waals surface area contributed by atoms with Crippen LogP contribution in [0.2, 0.25) is 0 Å². The highest BCUT2D eigenvalue weighted by atomic mass is 32.2. The Morgan fingerprint density at radius 2 is 1.71 bits per heavy atom. The monoisotopic (exact) mass is 313 g/mol. The van der Waals surface area contributed by atoms with Crippen LogP contribution in [0.4, 0.5) is 0 Å². The molecule has 2 unspecified atom stereocenters. The van der Waals surface area contributed by atoms with Crippen LogP contribution in [-0.2, 0) is 10.0 Å². The maximum absolute atomic E-state index is 12.3. The van der Waals surface area contributed by atoms with Gasteiger partial charge in [0.15, 0.2) is 0 Å². The van der Waals surface area contributed by atoms with Crippen LogP contribution < -0.4 is 10.0 Å². The zero-order valence-electron chi connectivity index (χ0n) is 13.6. The minimum atomic E-state index is -3.45. The van der Waals surface area contributed by atoms with Crippen molar-refractivity contribution in [2.24, 2.45) is 0 Å². The van der Waals surface area contributed by atoms with Gasteiger partial charge in [-0.2, -0.15) is 0 Å². The van der Waals surface area contributed by atoms with Crippen LogP contribution in [-0.4, -0.2) is 47.0 Å². The number of sulfonamides is 1. The summed E-state index contributed by atoms with van der Waals surface area (Å²) in [6.45, 7) is 4.77. The van der Waals surface area contributed by atoms with E-state index in [9.17, 15) is 8.42 Å². The van der Waals surface area contributed by atoms with Gasteiger partial charge >= 0.3 is 0 Å². The largest absolute Gasteiger partial charge is 0.313 e. The van der Waals surface area contributed by atoms with Crippen molar-refractivity contribution < 1.29 is 8.42 Å². The Labute approximate surface area is 128 Å². The van der Waals surface area contributed by atoms with Crippen molar-refractivity contribution in [2.45, 2.75) is 37.2 Å². The number of nitrogens with one attached hydrogen (secondary N) is 2. The summed E-state index contributed by atoms with van der Waals surface area (Å²) in [5, 5.41) is 3.13. The molecular weight excluding hydrogens is 286 g/mol. The number of hydrogen-bond donors (Lipinski definition) is 2. The van der Waals surface area contributed by atoms with Crippen molar-refractivity contribution in [3.8, 4) is 0 Å². The zero-order chi connectivity index (χ0) is 16.0. The minimum Gasteiger partial charge on any atom is -0.313 e. The smallest absolute Gasteiger partial charge is 0.240 e. The van der Waals surface area contributed by atoms with Crippen molar-refractivity contribution in [1.29, 1.82) is 0 Å². The summed E-state index contributed by atoms with van der Waals surface area (Å²) >= 11 is 0. The van der Waals surface area contributed by atoms with Crippen molar-refractivity contribution in [1.82, 2.24) is 14.9 Å². The molecule has 2 atom stereocenters. The van der Waals surface area contributed by atoms with Crippen LogP contribution in [0.5, 0.6) is 0 Å². The molecule has 1 aromatic carbocycles. The van der Waals surface area contributed by atoms with Gasteiger partial charge in [-0.05, 0) is 65.7 Å². The van der Waals surface area contributed by atoms with E-state index in [0.29, 0.717) is 4.90 Å². The Kier molecular flexibility index (Phi) is 6.80. The second-order valence-electron chi connectivity index (χ2n) is 5.69. The van der Waals surface area contributed by atoms with Crippen molar-refractivity contribution in [3.63, 3.8) is 0 Å². The summed E-state index contributed by atoms with van der Waals surface area (Å²) in [6, 6.07) is 7.12. The van der Waals surface area contributed by atoms with Crippen LogP contribution in [0.15, 0.2) is 29.2 Å². The lowest BCUT2D eigenvalue weighted by Crippen LogP contribution is -2.34. The van der Waals surface area contributed by atoms with Gasteiger partial charge in [0.05, 0.1) is 4.90 Å². The van der Waals surface area contributed by atoms with Gasteiger partial charge in [-0.25, -0.2) is 13.1 Å². The van der Waals surface area contributed by atoms with Gasteiger partial charge in [0, 0.05) is 12.1 Å². The maximum atomic E-state index is 12.3. The summed E-state index contributed by atoms with van der Waals surface area (Å²) in [5.74, 6) is 0. The Hall–Kier alpha value is -0.950. The van der Waals surface area contributed by atoms with Crippen LogP contribution in [0.3, 0.4) is 0 Å². The molecule has 2 N–H and O–H groups in total. The molecule has 0 amide bonds. The standard InChI is InChI=1S/C15H27N3O2S/c1-12(10-11-18(4)5)17-21(19,20)15-8-6-14(7-9-15)13(2)16-3/h6-9,12-13,16-17H,10-11H2,1-5H3. The van der Waals surface area contributed by atoms with Crippen LogP contribution in [0.25, 0.3) is 0 Å². The molecule has 0 aromatic heterocycles. The van der Waals surface area contributed by atoms with Crippen molar-refractivity contribution in [2.75, 3.05) is 27.7 Å². The van der Waals surface area contributed by atoms with Gasteiger partial charge in [0.25, 0.3) is 0 Å². The second-order valence-corrected chi connectivity index (χ2v) is 7.41. The molecule has 0 saturated carbocycles. The summed E-state index contributed by atoms with van der Waals surface area (Å²) in [7, 11) is 2.38. The van der Waals surface area contributed by atoms with E-state index in [1.165, 1.54) is 0 Å². The number of rotatable bonds is 8. The average molecular weight is 313 g/mol. The first-order valence-electron chi connectivity index (χ1n) is 7.20. The Morgan fingerprint density at radius 3 is 2.19 bits per heavy atom. The molecular formula is C15H27N3O2S. The third kappa shape index (κ3) is 5.74. The fourth-order valence-electron chi connectivity index (χ4n) is 1.95. The molecule has 1 aromatic rings. The van der Waals surface area contributed by atoms with Crippen molar-refractivity contribution >= 4 is 10.0 Å². The lowest BCUT2D eigenvalue weighted by molar-refractivity contribution is 0.379. The fourth-order valence-corrected chi connectivity index (χ4v) is 3.22. The molecule has 21 heavy (non-hydrogen) atoms. The maximum Gasteiger partial charge on any atom is 0.240 e. The van der Waals surface area contributed by atoms with Gasteiger partial charge in [0.2, 0.25) is 10.0 Å². The first-order chi connectivity index (χ1) is 9.76. The second kappa shape index (κ2) is 7.89. The normalized spacial score (nSPS) is 15.1. The summed E-state index contributed by atoms with van der Waals surface area (Å²) in [4.78, 5) is 2.35. The highest BCUT2D eigenvalue weighted by Gasteiger charge is 2.17. The van der Waals surface area contributed by atoms with E-state index in [2.05, 4.69) is 10.0 Å². The SMILES string of the molecule is CNC(C)c1ccc(S(=O)(=O)NC(C)CCN(C)C)cc1. The highest BCUT2D eigenvalue weighted by Crippen LogP contribution is 2.16. The fraction of sp³-hybridized carbons (Fsp3) is 0.600. The molecule has 120 valence electrons. The number of nitrogens with zero attached hydrogens (tertiary/aromatic N) is 1. The summed E-state index contributed by atoms with van der Waals surface area (Å²) < 4.78 is 27.3. The molecule has 0 aliphatic rings. The number of hydrogen-bond acceptors (Lipinski definition) is 4. The molecule has 0 spiro atoms. The van der Waals surface area contributed by atoms with Gasteiger partial charge < -0.3 is 10.2 Å². The van der Waals surface area contributed by atoms with Crippen LogP contribution >= 0.6 is 0 Å². The van der Waals surface area contributed by atoms with Gasteiger partial charge in [0.1, 0.15) is 0 Å². The first kappa shape index (κ1) is 18.1.